The summed E-state index contributed by atoms with van der Waals surface area (Å²) in [5.41, 5.74) is 2.48. The smallest absolute Gasteiger partial charge is 0.265 e. The zero-order valence-electron chi connectivity index (χ0n) is 13.8. The molecule has 5 nitrogen and oxygen atoms in total. The number of nitrogens with zero attached hydrogens (tertiary/aromatic N) is 1. The summed E-state index contributed by atoms with van der Waals surface area (Å²) in [7, 11) is 3.05. The van der Waals surface area contributed by atoms with Gasteiger partial charge in [0.05, 0.1) is 24.4 Å². The molecule has 0 aliphatic carbocycles. The molecule has 0 bridgehead atoms. The Morgan fingerprint density at radius 3 is 2.50 bits per heavy atom. The van der Waals surface area contributed by atoms with Crippen LogP contribution in [0, 0.1) is 0 Å². The van der Waals surface area contributed by atoms with E-state index in [-0.39, 0.29) is 5.91 Å². The second-order valence-corrected chi connectivity index (χ2v) is 6.20. The molecule has 0 saturated heterocycles. The van der Waals surface area contributed by atoms with Crippen LogP contribution >= 0.6 is 11.3 Å². The third kappa shape index (κ3) is 3.05. The first-order chi connectivity index (χ1) is 11.7. The van der Waals surface area contributed by atoms with E-state index in [2.05, 4.69) is 29.4 Å². The van der Waals surface area contributed by atoms with Gasteiger partial charge in [-0.15, -0.1) is 0 Å². The highest BCUT2D eigenvalue weighted by atomic mass is 32.1. The molecule has 0 unspecified atom stereocenters. The van der Waals surface area contributed by atoms with Crippen LogP contribution in [0.15, 0.2) is 36.4 Å². The summed E-state index contributed by atoms with van der Waals surface area (Å²) in [5.74, 6) is 0.613. The van der Waals surface area contributed by atoms with Crippen molar-refractivity contribution in [3.63, 3.8) is 0 Å². The molecule has 124 valence electrons. The highest BCUT2D eigenvalue weighted by molar-refractivity contribution is 7.22. The first-order valence-corrected chi connectivity index (χ1v) is 8.39. The summed E-state index contributed by atoms with van der Waals surface area (Å²) in [6.07, 6.45) is 0.966. The number of rotatable bonds is 5. The van der Waals surface area contributed by atoms with Crippen molar-refractivity contribution in [2.45, 2.75) is 13.3 Å². The second-order valence-electron chi connectivity index (χ2n) is 5.17. The first-order valence-electron chi connectivity index (χ1n) is 7.58. The predicted molar refractivity (Wildman–Crippen MR) is 96.5 cm³/mol. The molecule has 0 saturated carbocycles. The average Bonchev–Trinajstić information content (AvgIpc) is 3.01. The highest BCUT2D eigenvalue weighted by Gasteiger charge is 2.19. The Morgan fingerprint density at radius 2 is 1.88 bits per heavy atom. The zero-order chi connectivity index (χ0) is 17.1. The molecule has 1 N–H and O–H groups in total. The number of fused-ring (bicyclic) bond motifs is 1. The van der Waals surface area contributed by atoms with Gasteiger partial charge in [-0.1, -0.05) is 30.4 Å². The maximum absolute atomic E-state index is 12.7. The molecular formula is C18H18N2O3S. The minimum atomic E-state index is -0.306. The van der Waals surface area contributed by atoms with Gasteiger partial charge in [-0.2, -0.15) is 0 Å². The Hall–Kier alpha value is -2.60. The van der Waals surface area contributed by atoms with Crippen LogP contribution in [0.25, 0.3) is 10.2 Å². The van der Waals surface area contributed by atoms with Gasteiger partial charge in [0, 0.05) is 0 Å². The largest absolute Gasteiger partial charge is 0.496 e. The number of nitrogens with one attached hydrogen (secondary N) is 1. The molecular weight excluding hydrogens is 324 g/mol. The standard InChI is InChI=1S/C18H18N2O3S/c1-4-11-8-9-12-15(10-11)24-18(19-12)20-17(21)16-13(22-2)6-5-7-14(16)23-3/h5-10H,4H2,1-3H3,(H,19,20,21). The lowest BCUT2D eigenvalue weighted by atomic mass is 10.1. The zero-order valence-corrected chi connectivity index (χ0v) is 14.6. The normalized spacial score (nSPS) is 10.6. The number of methoxy groups -OCH3 is 2. The van der Waals surface area contributed by atoms with Gasteiger partial charge in [-0.25, -0.2) is 4.98 Å². The van der Waals surface area contributed by atoms with Gasteiger partial charge < -0.3 is 9.47 Å². The summed E-state index contributed by atoms with van der Waals surface area (Å²) in [6.45, 7) is 2.11. The first kappa shape index (κ1) is 16.3. The van der Waals surface area contributed by atoms with Crippen LogP contribution in [0.3, 0.4) is 0 Å². The minimum Gasteiger partial charge on any atom is -0.496 e. The number of carbonyl (C=O) groups is 1. The number of anilines is 1. The molecule has 6 heteroatoms. The predicted octanol–water partition coefficient (Wildman–Crippen LogP) is 4.13. The van der Waals surface area contributed by atoms with Crippen LogP contribution in [-0.4, -0.2) is 25.1 Å². The number of amides is 1. The minimum absolute atomic E-state index is 0.306. The van der Waals surface area contributed by atoms with Gasteiger partial charge in [0.1, 0.15) is 17.1 Å². The lowest BCUT2D eigenvalue weighted by Crippen LogP contribution is -2.14. The Labute approximate surface area is 144 Å². The Morgan fingerprint density at radius 1 is 1.17 bits per heavy atom. The number of hydrogen-bond acceptors (Lipinski definition) is 5. The van der Waals surface area contributed by atoms with E-state index in [9.17, 15) is 4.79 Å². The van der Waals surface area contributed by atoms with Gasteiger partial charge in [0.2, 0.25) is 0 Å². The lowest BCUT2D eigenvalue weighted by Gasteiger charge is -2.11. The van der Waals surface area contributed by atoms with E-state index >= 15 is 0 Å². The van der Waals surface area contributed by atoms with E-state index in [4.69, 9.17) is 9.47 Å². The monoisotopic (exact) mass is 342 g/mol. The van der Waals surface area contributed by atoms with Crippen LogP contribution in [-0.2, 0) is 6.42 Å². The maximum Gasteiger partial charge on any atom is 0.265 e. The Kier molecular flexibility index (Phi) is 4.66. The van der Waals surface area contributed by atoms with Gasteiger partial charge in [0.25, 0.3) is 5.91 Å². The SMILES string of the molecule is CCc1ccc2nc(NC(=O)c3c(OC)cccc3OC)sc2c1. The third-order valence-corrected chi connectivity index (χ3v) is 4.67. The second kappa shape index (κ2) is 6.88. The number of aryl methyl sites for hydroxylation is 1. The molecule has 0 aliphatic rings. The number of carbonyl (C=O) groups excluding carboxylic acids is 1. The lowest BCUT2D eigenvalue weighted by molar-refractivity contribution is 0.102. The highest BCUT2D eigenvalue weighted by Crippen LogP contribution is 2.31. The Bertz CT molecular complexity index is 867. The van der Waals surface area contributed by atoms with E-state index < -0.39 is 0 Å². The van der Waals surface area contributed by atoms with Crippen LogP contribution in [0.5, 0.6) is 11.5 Å². The number of thiazole rings is 1. The topological polar surface area (TPSA) is 60.5 Å². The Balaban J connectivity index is 1.93. The molecule has 0 fully saturated rings. The average molecular weight is 342 g/mol. The van der Waals surface area contributed by atoms with E-state index in [1.54, 1.807) is 18.2 Å². The fraction of sp³-hybridized carbons (Fsp3) is 0.222. The van der Waals surface area contributed by atoms with Crippen molar-refractivity contribution in [3.8, 4) is 11.5 Å². The molecule has 1 amide bonds. The van der Waals surface area contributed by atoms with Crippen molar-refractivity contribution in [2.75, 3.05) is 19.5 Å². The summed E-state index contributed by atoms with van der Waals surface area (Å²) in [6, 6.07) is 11.4. The maximum atomic E-state index is 12.7. The quantitative estimate of drug-likeness (QED) is 0.757. The number of hydrogen-bond donors (Lipinski definition) is 1. The van der Waals surface area contributed by atoms with Crippen molar-refractivity contribution in [1.82, 2.24) is 4.98 Å². The molecule has 2 aromatic carbocycles. The van der Waals surface area contributed by atoms with Crippen molar-refractivity contribution >= 4 is 32.6 Å². The molecule has 3 aromatic rings. The van der Waals surface area contributed by atoms with Gasteiger partial charge in [0.15, 0.2) is 5.13 Å². The molecule has 0 atom stereocenters. The molecule has 1 heterocycles. The van der Waals surface area contributed by atoms with Gasteiger partial charge in [-0.3, -0.25) is 10.1 Å². The molecule has 0 radical (unpaired) electrons. The number of benzene rings is 2. The van der Waals surface area contributed by atoms with Crippen molar-refractivity contribution < 1.29 is 14.3 Å². The van der Waals surface area contributed by atoms with Crippen molar-refractivity contribution in [3.05, 3.63) is 47.5 Å². The van der Waals surface area contributed by atoms with Crippen LogP contribution in [0.1, 0.15) is 22.8 Å². The van der Waals surface area contributed by atoms with E-state index in [0.29, 0.717) is 22.2 Å². The summed E-state index contributed by atoms with van der Waals surface area (Å²) >= 11 is 1.45. The summed E-state index contributed by atoms with van der Waals surface area (Å²) in [5, 5.41) is 3.40. The summed E-state index contributed by atoms with van der Waals surface area (Å²) < 4.78 is 11.6. The van der Waals surface area contributed by atoms with Gasteiger partial charge >= 0.3 is 0 Å². The summed E-state index contributed by atoms with van der Waals surface area (Å²) in [4.78, 5) is 17.1. The van der Waals surface area contributed by atoms with E-state index in [1.165, 1.54) is 31.1 Å². The van der Waals surface area contributed by atoms with E-state index in [1.807, 2.05) is 6.07 Å². The third-order valence-electron chi connectivity index (χ3n) is 3.74. The van der Waals surface area contributed by atoms with Crippen LogP contribution in [0.2, 0.25) is 0 Å². The number of ether oxygens (including phenoxy) is 2. The van der Waals surface area contributed by atoms with Crippen molar-refractivity contribution in [1.29, 1.82) is 0 Å². The van der Waals surface area contributed by atoms with Crippen molar-refractivity contribution in [2.24, 2.45) is 0 Å². The molecule has 24 heavy (non-hydrogen) atoms. The molecule has 0 spiro atoms. The van der Waals surface area contributed by atoms with Crippen LogP contribution < -0.4 is 14.8 Å². The van der Waals surface area contributed by atoms with Gasteiger partial charge in [-0.05, 0) is 36.2 Å². The fourth-order valence-electron chi connectivity index (χ4n) is 2.48. The molecule has 3 rings (SSSR count). The number of aromatic nitrogens is 1. The van der Waals surface area contributed by atoms with Crippen LogP contribution in [0.4, 0.5) is 5.13 Å². The fourth-order valence-corrected chi connectivity index (χ4v) is 3.40. The molecule has 0 aliphatic heterocycles. The van der Waals surface area contributed by atoms with E-state index in [0.717, 1.165) is 16.6 Å². The molecule has 1 aromatic heterocycles.